The van der Waals surface area contributed by atoms with E-state index in [0.717, 1.165) is 84.9 Å². The molecule has 63 heavy (non-hydrogen) atoms. The number of anilines is 7. The van der Waals surface area contributed by atoms with E-state index < -0.39 is 0 Å². The Morgan fingerprint density at radius 2 is 1.10 bits per heavy atom. The summed E-state index contributed by atoms with van der Waals surface area (Å²) in [5, 5.41) is 0. The Bertz CT molecular complexity index is 3240. The van der Waals surface area contributed by atoms with Crippen molar-refractivity contribution in [2.24, 2.45) is 0 Å². The van der Waals surface area contributed by atoms with Gasteiger partial charge in [0.25, 0.3) is 0 Å². The molecule has 2 aliphatic heterocycles. The van der Waals surface area contributed by atoms with Gasteiger partial charge in [-0.15, -0.1) is 0 Å². The summed E-state index contributed by atoms with van der Waals surface area (Å²) in [4.78, 5) is 17.1. The quantitative estimate of drug-likeness (QED) is 0.142. The fourth-order valence-corrected chi connectivity index (χ4v) is 11.0. The SMILES string of the molecule is c1ccc(-c2cccc(-c3ccccc3)c2-n2c(N3c4ccncc4[Se]c4ccc(Oc5cccc(N6CN(c7ccccc7)c7ccccc76)c5)cc43)nc3ccccc32)cc1. The standard InChI is InChI=1S/C55H38N6OSe/c1-4-16-38(17-5-1)44-24-15-25-45(39-18-6-2-7-19-39)54(44)61-47-27-11-10-26-46(47)57-55(61)60-50-32-33-56-36-53(50)63-52-31-30-43(35-51(52)60)62-42-23-14-22-41(34-42)59-37-58(40-20-8-3-9-21-40)48-28-12-13-29-49(48)59/h1-36H,37H2. The number of rotatable bonds is 8. The maximum atomic E-state index is 6.84. The molecule has 0 bridgehead atoms. The van der Waals surface area contributed by atoms with E-state index in [1.807, 2.05) is 18.5 Å². The van der Waals surface area contributed by atoms with E-state index in [1.165, 1.54) is 14.6 Å². The van der Waals surface area contributed by atoms with E-state index in [1.54, 1.807) is 0 Å². The third kappa shape index (κ3) is 6.52. The van der Waals surface area contributed by atoms with Crippen molar-refractivity contribution >= 4 is 75.0 Å². The van der Waals surface area contributed by atoms with Gasteiger partial charge in [0, 0.05) is 0 Å². The molecule has 4 heterocycles. The topological polar surface area (TPSA) is 49.7 Å². The number of hydrogen-bond acceptors (Lipinski definition) is 6. The zero-order valence-electron chi connectivity index (χ0n) is 34.0. The van der Waals surface area contributed by atoms with Gasteiger partial charge in [-0.3, -0.25) is 0 Å². The first kappa shape index (κ1) is 36.9. The van der Waals surface area contributed by atoms with Gasteiger partial charge in [0.1, 0.15) is 0 Å². The van der Waals surface area contributed by atoms with Crippen LogP contribution in [-0.2, 0) is 0 Å². The number of hydrogen-bond donors (Lipinski definition) is 0. The second-order valence-electron chi connectivity index (χ2n) is 15.5. The molecule has 0 saturated carbocycles. The van der Waals surface area contributed by atoms with Crippen LogP contribution >= 0.6 is 0 Å². The summed E-state index contributed by atoms with van der Waals surface area (Å²) in [6.45, 7) is 0.692. The van der Waals surface area contributed by atoms with Crippen LogP contribution in [0.3, 0.4) is 0 Å². The number of para-hydroxylation sites is 6. The van der Waals surface area contributed by atoms with Gasteiger partial charge >= 0.3 is 337 Å². The average molecular weight is 878 g/mol. The van der Waals surface area contributed by atoms with E-state index in [0.29, 0.717) is 6.67 Å². The van der Waals surface area contributed by atoms with Crippen LogP contribution < -0.4 is 28.4 Å². The summed E-state index contributed by atoms with van der Waals surface area (Å²) in [6, 6.07) is 72.5. The van der Waals surface area contributed by atoms with Gasteiger partial charge in [0.05, 0.1) is 0 Å². The Morgan fingerprint density at radius 3 is 1.84 bits per heavy atom. The van der Waals surface area contributed by atoms with Crippen molar-refractivity contribution in [2.75, 3.05) is 21.4 Å². The van der Waals surface area contributed by atoms with Gasteiger partial charge in [0.2, 0.25) is 0 Å². The van der Waals surface area contributed by atoms with Gasteiger partial charge in [-0.05, 0) is 12.1 Å². The zero-order valence-corrected chi connectivity index (χ0v) is 35.7. The third-order valence-electron chi connectivity index (χ3n) is 11.7. The minimum absolute atomic E-state index is 0.00433. The van der Waals surface area contributed by atoms with Gasteiger partial charge in [0.15, 0.2) is 0 Å². The van der Waals surface area contributed by atoms with Crippen molar-refractivity contribution in [1.82, 2.24) is 14.5 Å². The van der Waals surface area contributed by atoms with Crippen molar-refractivity contribution in [3.05, 3.63) is 219 Å². The molecule has 10 aromatic rings. The first-order chi connectivity index (χ1) is 31.2. The fraction of sp³-hybridized carbons (Fsp3) is 0.0182. The number of imidazole rings is 1. The van der Waals surface area contributed by atoms with Crippen LogP contribution in [0.5, 0.6) is 11.5 Å². The first-order valence-corrected chi connectivity index (χ1v) is 22.7. The second-order valence-corrected chi connectivity index (χ2v) is 17.8. The molecule has 0 spiro atoms. The van der Waals surface area contributed by atoms with Gasteiger partial charge in [-0.25, -0.2) is 0 Å². The van der Waals surface area contributed by atoms with E-state index in [2.05, 4.69) is 224 Å². The summed E-state index contributed by atoms with van der Waals surface area (Å²) in [7, 11) is 0. The van der Waals surface area contributed by atoms with Crippen LogP contribution in [0.25, 0.3) is 39.0 Å². The maximum absolute atomic E-state index is 6.84. The van der Waals surface area contributed by atoms with Gasteiger partial charge in [-0.2, -0.15) is 0 Å². The molecule has 7 nitrogen and oxygen atoms in total. The predicted molar refractivity (Wildman–Crippen MR) is 258 cm³/mol. The molecule has 0 atom stereocenters. The minimum atomic E-state index is -0.00433. The summed E-state index contributed by atoms with van der Waals surface area (Å²) < 4.78 is 11.6. The summed E-state index contributed by atoms with van der Waals surface area (Å²) in [6.07, 6.45) is 3.89. The summed E-state index contributed by atoms with van der Waals surface area (Å²) >= 11 is -0.00433. The molecule has 300 valence electrons. The summed E-state index contributed by atoms with van der Waals surface area (Å²) in [5.41, 5.74) is 14.1. The van der Waals surface area contributed by atoms with Crippen molar-refractivity contribution < 1.29 is 4.74 Å². The number of benzene rings is 8. The van der Waals surface area contributed by atoms with Gasteiger partial charge in [-0.1, -0.05) is 24.3 Å². The molecule has 0 saturated heterocycles. The number of pyridine rings is 1. The van der Waals surface area contributed by atoms with Crippen LogP contribution in [0.15, 0.2) is 219 Å². The number of aromatic nitrogens is 3. The van der Waals surface area contributed by atoms with Crippen molar-refractivity contribution in [3.63, 3.8) is 0 Å². The Balaban J connectivity index is 0.992. The molecule has 2 aromatic heterocycles. The molecule has 0 radical (unpaired) electrons. The van der Waals surface area contributed by atoms with Crippen molar-refractivity contribution in [2.45, 2.75) is 0 Å². The molecular weight excluding hydrogens is 840 g/mol. The Hall–Kier alpha value is -7.90. The molecule has 8 aromatic carbocycles. The first-order valence-electron chi connectivity index (χ1n) is 21.0. The normalized spacial score (nSPS) is 12.9. The van der Waals surface area contributed by atoms with Crippen LogP contribution in [-0.4, -0.2) is 36.2 Å². The number of nitrogens with zero attached hydrogens (tertiary/aromatic N) is 6. The van der Waals surface area contributed by atoms with Gasteiger partial charge < -0.3 is 0 Å². The van der Waals surface area contributed by atoms with Crippen LogP contribution in [0, 0.1) is 0 Å². The molecule has 2 aliphatic rings. The Kier molecular flexibility index (Phi) is 9.10. The Labute approximate surface area is 371 Å². The molecule has 12 rings (SSSR count). The predicted octanol–water partition coefficient (Wildman–Crippen LogP) is 12.2. The fourth-order valence-electron chi connectivity index (χ4n) is 8.91. The second kappa shape index (κ2) is 15.5. The summed E-state index contributed by atoms with van der Waals surface area (Å²) in [5.74, 6) is 2.29. The molecule has 8 heteroatoms. The Morgan fingerprint density at radius 1 is 0.476 bits per heavy atom. The average Bonchev–Trinajstić information content (AvgIpc) is 3.93. The van der Waals surface area contributed by atoms with E-state index in [9.17, 15) is 0 Å². The third-order valence-corrected chi connectivity index (χ3v) is 14.1. The number of fused-ring (bicyclic) bond motifs is 4. The van der Waals surface area contributed by atoms with Crippen LogP contribution in [0.4, 0.5) is 40.1 Å². The monoisotopic (exact) mass is 878 g/mol. The zero-order chi connectivity index (χ0) is 41.7. The van der Waals surface area contributed by atoms with Crippen LogP contribution in [0.2, 0.25) is 0 Å². The molecule has 0 fully saturated rings. The van der Waals surface area contributed by atoms with Crippen molar-refractivity contribution in [3.8, 4) is 39.4 Å². The van der Waals surface area contributed by atoms with E-state index in [4.69, 9.17) is 9.72 Å². The van der Waals surface area contributed by atoms with E-state index in [-0.39, 0.29) is 15.0 Å². The van der Waals surface area contributed by atoms with Crippen LogP contribution in [0.1, 0.15) is 0 Å². The molecule has 0 amide bonds. The molecule has 0 N–H and O–H groups in total. The van der Waals surface area contributed by atoms with Crippen molar-refractivity contribution in [1.29, 1.82) is 0 Å². The molecule has 0 unspecified atom stereocenters. The number of ether oxygens (including phenoxy) is 1. The van der Waals surface area contributed by atoms with E-state index >= 15 is 0 Å². The molecular formula is C55H38N6OSe. The molecule has 0 aliphatic carbocycles.